The van der Waals surface area contributed by atoms with Gasteiger partial charge in [-0.05, 0) is 50.8 Å². The molecule has 160 valence electrons. The Hall–Kier alpha value is -1.99. The molecular formula is C22H32FN3O3. The van der Waals surface area contributed by atoms with Crippen LogP contribution in [0.5, 0.6) is 0 Å². The van der Waals surface area contributed by atoms with Gasteiger partial charge in [-0.2, -0.15) is 0 Å². The monoisotopic (exact) mass is 405 g/mol. The van der Waals surface area contributed by atoms with Crippen LogP contribution in [0.2, 0.25) is 0 Å². The second kappa shape index (κ2) is 10.7. The molecule has 6 nitrogen and oxygen atoms in total. The first kappa shape index (κ1) is 21.7. The number of likely N-dealkylation sites (tertiary alicyclic amines) is 1. The molecule has 0 radical (unpaired) electrons. The van der Waals surface area contributed by atoms with Gasteiger partial charge in [0.15, 0.2) is 0 Å². The van der Waals surface area contributed by atoms with Crippen molar-refractivity contribution in [3.63, 3.8) is 0 Å². The first-order valence-electron chi connectivity index (χ1n) is 10.6. The summed E-state index contributed by atoms with van der Waals surface area (Å²) >= 11 is 0. The highest BCUT2D eigenvalue weighted by atomic mass is 19.1. The van der Waals surface area contributed by atoms with Gasteiger partial charge in [-0.25, -0.2) is 4.39 Å². The van der Waals surface area contributed by atoms with Crippen LogP contribution >= 0.6 is 0 Å². The number of nitrogens with zero attached hydrogens (tertiary/aromatic N) is 2. The van der Waals surface area contributed by atoms with Crippen molar-refractivity contribution in [2.75, 3.05) is 39.3 Å². The molecule has 0 bridgehead atoms. The lowest BCUT2D eigenvalue weighted by Gasteiger charge is -2.35. The average Bonchev–Trinajstić information content (AvgIpc) is 3.22. The smallest absolute Gasteiger partial charge is 0.242 e. The van der Waals surface area contributed by atoms with Crippen molar-refractivity contribution in [1.82, 2.24) is 15.1 Å². The normalized spacial score (nSPS) is 20.6. The Balaban J connectivity index is 1.50. The van der Waals surface area contributed by atoms with E-state index < -0.39 is 0 Å². The molecule has 2 fully saturated rings. The van der Waals surface area contributed by atoms with E-state index in [1.807, 2.05) is 17.0 Å². The molecule has 0 saturated carbocycles. The summed E-state index contributed by atoms with van der Waals surface area (Å²) in [7, 11) is 0. The van der Waals surface area contributed by atoms with Crippen molar-refractivity contribution in [3.8, 4) is 0 Å². The molecule has 1 aromatic rings. The molecule has 0 unspecified atom stereocenters. The van der Waals surface area contributed by atoms with Gasteiger partial charge < -0.3 is 15.0 Å². The molecule has 2 amide bonds. The minimum atomic E-state index is -0.197. The van der Waals surface area contributed by atoms with Crippen molar-refractivity contribution in [2.45, 2.75) is 45.3 Å². The summed E-state index contributed by atoms with van der Waals surface area (Å²) in [6.07, 6.45) is 4.06. The highest BCUT2D eigenvalue weighted by Gasteiger charge is 2.27. The van der Waals surface area contributed by atoms with Gasteiger partial charge >= 0.3 is 0 Å². The SMILES string of the molecule is CC(=O)NCC(=O)N(CC1CCN(Cc2ccccc2F)CC1)C[C@H]1CCCO1. The molecule has 1 atom stereocenters. The Morgan fingerprint density at radius 2 is 1.97 bits per heavy atom. The number of amides is 2. The Labute approximate surface area is 172 Å². The molecule has 2 aliphatic heterocycles. The molecule has 1 aromatic carbocycles. The van der Waals surface area contributed by atoms with Crippen molar-refractivity contribution in [3.05, 3.63) is 35.6 Å². The Morgan fingerprint density at radius 1 is 1.21 bits per heavy atom. The molecule has 7 heteroatoms. The van der Waals surface area contributed by atoms with Gasteiger partial charge in [-0.15, -0.1) is 0 Å². The fourth-order valence-corrected chi connectivity index (χ4v) is 4.13. The molecule has 0 spiro atoms. The Kier molecular flexibility index (Phi) is 8.00. The van der Waals surface area contributed by atoms with Crippen molar-refractivity contribution in [1.29, 1.82) is 0 Å². The molecule has 1 N–H and O–H groups in total. The molecule has 3 rings (SSSR count). The van der Waals surface area contributed by atoms with Crippen molar-refractivity contribution < 1.29 is 18.7 Å². The number of hydrogen-bond donors (Lipinski definition) is 1. The number of benzene rings is 1. The zero-order chi connectivity index (χ0) is 20.6. The Bertz CT molecular complexity index is 686. The van der Waals surface area contributed by atoms with Crippen LogP contribution in [0.4, 0.5) is 4.39 Å². The quantitative estimate of drug-likeness (QED) is 0.720. The third kappa shape index (κ3) is 6.78. The van der Waals surface area contributed by atoms with E-state index in [0.29, 0.717) is 25.6 Å². The summed E-state index contributed by atoms with van der Waals surface area (Å²) in [4.78, 5) is 28.0. The number of ether oxygens (including phenoxy) is 1. The summed E-state index contributed by atoms with van der Waals surface area (Å²) in [5.41, 5.74) is 0.733. The third-order valence-electron chi connectivity index (χ3n) is 5.83. The summed E-state index contributed by atoms with van der Waals surface area (Å²) in [6.45, 7) is 5.91. The summed E-state index contributed by atoms with van der Waals surface area (Å²) in [5.74, 6) is 0.0110. The highest BCUT2D eigenvalue weighted by Crippen LogP contribution is 2.22. The third-order valence-corrected chi connectivity index (χ3v) is 5.83. The molecule has 29 heavy (non-hydrogen) atoms. The molecule has 2 saturated heterocycles. The minimum Gasteiger partial charge on any atom is -0.376 e. The second-order valence-corrected chi connectivity index (χ2v) is 8.15. The molecule has 0 aromatic heterocycles. The first-order chi connectivity index (χ1) is 14.0. The standard InChI is InChI=1S/C22H32FN3O3/c1-17(27)24-13-22(28)26(16-20-6-4-12-29-20)14-18-8-10-25(11-9-18)15-19-5-2-3-7-21(19)23/h2-3,5,7,18,20H,4,6,8-16H2,1H3,(H,24,27)/t20-/m1/s1. The van der Waals surface area contributed by atoms with Crippen LogP contribution < -0.4 is 5.32 Å². The molecule has 2 heterocycles. The largest absolute Gasteiger partial charge is 0.376 e. The summed E-state index contributed by atoms with van der Waals surface area (Å²) in [6, 6.07) is 6.93. The molecule has 2 aliphatic rings. The maximum Gasteiger partial charge on any atom is 0.242 e. The number of piperidine rings is 1. The number of carbonyl (C=O) groups is 2. The van der Waals surface area contributed by atoms with Crippen LogP contribution in [0.3, 0.4) is 0 Å². The number of rotatable bonds is 8. The number of nitrogens with one attached hydrogen (secondary N) is 1. The second-order valence-electron chi connectivity index (χ2n) is 8.15. The number of halogens is 1. The van der Waals surface area contributed by atoms with Gasteiger partial charge in [0.2, 0.25) is 11.8 Å². The first-order valence-corrected chi connectivity index (χ1v) is 10.6. The van der Waals surface area contributed by atoms with Gasteiger partial charge in [0.1, 0.15) is 5.82 Å². The van der Waals surface area contributed by atoms with E-state index in [0.717, 1.165) is 50.9 Å². The van der Waals surface area contributed by atoms with E-state index in [2.05, 4.69) is 10.2 Å². The minimum absolute atomic E-state index is 0.0359. The van der Waals surface area contributed by atoms with E-state index in [1.54, 1.807) is 6.07 Å². The molecule has 0 aliphatic carbocycles. The average molecular weight is 406 g/mol. The topological polar surface area (TPSA) is 61.9 Å². The zero-order valence-corrected chi connectivity index (χ0v) is 17.2. The van der Waals surface area contributed by atoms with E-state index in [4.69, 9.17) is 4.74 Å². The lowest BCUT2D eigenvalue weighted by atomic mass is 9.95. The number of hydrogen-bond acceptors (Lipinski definition) is 4. The van der Waals surface area contributed by atoms with Crippen LogP contribution in [-0.2, 0) is 20.9 Å². The fourth-order valence-electron chi connectivity index (χ4n) is 4.13. The summed E-state index contributed by atoms with van der Waals surface area (Å²) in [5, 5.41) is 2.61. The van der Waals surface area contributed by atoms with Gasteiger partial charge in [0.05, 0.1) is 12.6 Å². The van der Waals surface area contributed by atoms with Gasteiger partial charge in [0, 0.05) is 38.7 Å². The predicted molar refractivity (Wildman–Crippen MR) is 109 cm³/mol. The van der Waals surface area contributed by atoms with E-state index in [1.165, 1.54) is 13.0 Å². The van der Waals surface area contributed by atoms with Crippen LogP contribution in [-0.4, -0.2) is 67.0 Å². The highest BCUT2D eigenvalue weighted by molar-refractivity contribution is 5.83. The van der Waals surface area contributed by atoms with E-state index in [9.17, 15) is 14.0 Å². The fraction of sp³-hybridized carbons (Fsp3) is 0.636. The lowest BCUT2D eigenvalue weighted by Crippen LogP contribution is -2.46. The maximum atomic E-state index is 13.9. The predicted octanol–water partition coefficient (Wildman–Crippen LogP) is 2.18. The maximum absolute atomic E-state index is 13.9. The van der Waals surface area contributed by atoms with Crippen LogP contribution in [0, 0.1) is 11.7 Å². The zero-order valence-electron chi connectivity index (χ0n) is 17.2. The van der Waals surface area contributed by atoms with Crippen LogP contribution in [0.25, 0.3) is 0 Å². The lowest BCUT2D eigenvalue weighted by molar-refractivity contribution is -0.134. The van der Waals surface area contributed by atoms with E-state index >= 15 is 0 Å². The Morgan fingerprint density at radius 3 is 2.62 bits per heavy atom. The van der Waals surface area contributed by atoms with Crippen LogP contribution in [0.1, 0.15) is 38.2 Å². The van der Waals surface area contributed by atoms with Crippen molar-refractivity contribution >= 4 is 11.8 Å². The van der Waals surface area contributed by atoms with Gasteiger partial charge in [0.25, 0.3) is 0 Å². The van der Waals surface area contributed by atoms with Crippen molar-refractivity contribution in [2.24, 2.45) is 5.92 Å². The van der Waals surface area contributed by atoms with Crippen LogP contribution in [0.15, 0.2) is 24.3 Å². The van der Waals surface area contributed by atoms with E-state index in [-0.39, 0.29) is 30.3 Å². The van der Waals surface area contributed by atoms with Gasteiger partial charge in [-0.1, -0.05) is 18.2 Å². The molecular weight excluding hydrogens is 373 g/mol. The van der Waals surface area contributed by atoms with Gasteiger partial charge in [-0.3, -0.25) is 14.5 Å². The summed E-state index contributed by atoms with van der Waals surface area (Å²) < 4.78 is 19.6. The number of carbonyl (C=O) groups excluding carboxylic acids is 2.